The number of thiazole rings is 1. The first kappa shape index (κ1) is 19.1. The maximum absolute atomic E-state index is 12.7. The van der Waals surface area contributed by atoms with Gasteiger partial charge in [-0.15, -0.1) is 11.3 Å². The van der Waals surface area contributed by atoms with Crippen LogP contribution in [0.3, 0.4) is 0 Å². The average Bonchev–Trinajstić information content (AvgIpc) is 3.23. The maximum atomic E-state index is 12.7. The van der Waals surface area contributed by atoms with Gasteiger partial charge in [0.2, 0.25) is 0 Å². The number of nitrogens with zero attached hydrogens (tertiary/aromatic N) is 4. The van der Waals surface area contributed by atoms with Gasteiger partial charge in [-0.05, 0) is 24.3 Å². The summed E-state index contributed by atoms with van der Waals surface area (Å²) in [5.41, 5.74) is 4.41. The molecule has 0 unspecified atom stereocenters. The van der Waals surface area contributed by atoms with E-state index in [4.69, 9.17) is 21.6 Å². The molecule has 0 bridgehead atoms. The van der Waals surface area contributed by atoms with Gasteiger partial charge in [-0.1, -0.05) is 23.7 Å². The van der Waals surface area contributed by atoms with Crippen molar-refractivity contribution >= 4 is 22.9 Å². The summed E-state index contributed by atoms with van der Waals surface area (Å²) in [6, 6.07) is 11.4. The third-order valence-electron chi connectivity index (χ3n) is 5.11. The number of pyridine rings is 1. The van der Waals surface area contributed by atoms with E-state index in [1.165, 1.54) is 0 Å². The summed E-state index contributed by atoms with van der Waals surface area (Å²) in [6.45, 7) is 2.11. The van der Waals surface area contributed by atoms with E-state index in [0.717, 1.165) is 46.1 Å². The number of benzene rings is 1. The van der Waals surface area contributed by atoms with Crippen molar-refractivity contribution in [2.45, 2.75) is 19.5 Å². The molecule has 150 valence electrons. The van der Waals surface area contributed by atoms with Gasteiger partial charge < -0.3 is 4.98 Å². The molecule has 0 saturated heterocycles. The quantitative estimate of drug-likeness (QED) is 0.520. The second-order valence-corrected chi connectivity index (χ2v) is 8.49. The van der Waals surface area contributed by atoms with Crippen molar-refractivity contribution in [3.05, 3.63) is 86.5 Å². The lowest BCUT2D eigenvalue weighted by atomic mass is 10.1. The number of hydrogen-bond acceptors (Lipinski definition) is 6. The lowest BCUT2D eigenvalue weighted by molar-refractivity contribution is 0.239. The van der Waals surface area contributed by atoms with Gasteiger partial charge in [0, 0.05) is 60.0 Å². The van der Waals surface area contributed by atoms with E-state index in [2.05, 4.69) is 20.2 Å². The summed E-state index contributed by atoms with van der Waals surface area (Å²) >= 11 is 7.59. The van der Waals surface area contributed by atoms with E-state index < -0.39 is 0 Å². The molecule has 0 saturated carbocycles. The van der Waals surface area contributed by atoms with Crippen molar-refractivity contribution in [1.82, 2.24) is 24.8 Å². The SMILES string of the molecule is O=c1[nH]c(-c2cccnc2)nc2c1CN(Cc1csc(-c3ccc(Cl)cc3)n1)CC2. The topological polar surface area (TPSA) is 74.8 Å². The Morgan fingerprint density at radius 3 is 2.80 bits per heavy atom. The zero-order valence-corrected chi connectivity index (χ0v) is 17.6. The molecule has 0 fully saturated rings. The second kappa shape index (κ2) is 8.10. The van der Waals surface area contributed by atoms with Crippen LogP contribution >= 0.6 is 22.9 Å². The Morgan fingerprint density at radius 2 is 2.00 bits per heavy atom. The Balaban J connectivity index is 1.33. The van der Waals surface area contributed by atoms with Crippen LogP contribution in [0.25, 0.3) is 22.0 Å². The standard InChI is InChI=1S/C22H18ClN5OS/c23-16-5-3-14(4-6-16)22-25-17(13-30-22)11-28-9-7-19-18(12-28)21(29)27-20(26-19)15-2-1-8-24-10-15/h1-6,8,10,13H,7,9,11-12H2,(H,26,27,29). The molecule has 1 aliphatic rings. The molecular formula is C22H18ClN5OS. The van der Waals surface area contributed by atoms with Crippen molar-refractivity contribution in [2.75, 3.05) is 6.54 Å². The first-order chi connectivity index (χ1) is 14.7. The van der Waals surface area contributed by atoms with Gasteiger partial charge in [0.25, 0.3) is 5.56 Å². The highest BCUT2D eigenvalue weighted by Gasteiger charge is 2.22. The van der Waals surface area contributed by atoms with Crippen LogP contribution < -0.4 is 5.56 Å². The minimum absolute atomic E-state index is 0.0799. The molecule has 4 heterocycles. The van der Waals surface area contributed by atoms with Crippen LogP contribution in [0, 0.1) is 0 Å². The fraction of sp³-hybridized carbons (Fsp3) is 0.182. The largest absolute Gasteiger partial charge is 0.306 e. The molecule has 30 heavy (non-hydrogen) atoms. The number of rotatable bonds is 4. The maximum Gasteiger partial charge on any atom is 0.255 e. The van der Waals surface area contributed by atoms with Crippen LogP contribution in [0.15, 0.2) is 59.0 Å². The van der Waals surface area contributed by atoms with Crippen LogP contribution in [0.4, 0.5) is 0 Å². The zero-order valence-electron chi connectivity index (χ0n) is 16.0. The van der Waals surface area contributed by atoms with Crippen molar-refractivity contribution in [3.63, 3.8) is 0 Å². The van der Waals surface area contributed by atoms with Gasteiger partial charge in [-0.2, -0.15) is 0 Å². The highest BCUT2D eigenvalue weighted by atomic mass is 35.5. The number of nitrogens with one attached hydrogen (secondary N) is 1. The molecule has 0 spiro atoms. The van der Waals surface area contributed by atoms with E-state index in [9.17, 15) is 4.79 Å². The molecule has 0 radical (unpaired) electrons. The summed E-state index contributed by atoms with van der Waals surface area (Å²) in [4.78, 5) is 31.4. The summed E-state index contributed by atoms with van der Waals surface area (Å²) in [7, 11) is 0. The van der Waals surface area contributed by atoms with Crippen molar-refractivity contribution in [3.8, 4) is 22.0 Å². The molecule has 3 aromatic heterocycles. The van der Waals surface area contributed by atoms with E-state index in [-0.39, 0.29) is 5.56 Å². The summed E-state index contributed by atoms with van der Waals surface area (Å²) in [5, 5.41) is 3.76. The molecule has 1 aliphatic heterocycles. The number of hydrogen-bond donors (Lipinski definition) is 1. The minimum Gasteiger partial charge on any atom is -0.306 e. The van der Waals surface area contributed by atoms with Gasteiger partial charge in [0.05, 0.1) is 17.0 Å². The van der Waals surface area contributed by atoms with Crippen LogP contribution in [0.2, 0.25) is 5.02 Å². The first-order valence-electron chi connectivity index (χ1n) is 9.61. The molecule has 8 heteroatoms. The van der Waals surface area contributed by atoms with Gasteiger partial charge in [0.1, 0.15) is 10.8 Å². The van der Waals surface area contributed by atoms with Crippen molar-refractivity contribution in [2.24, 2.45) is 0 Å². The van der Waals surface area contributed by atoms with Crippen LogP contribution in [-0.2, 0) is 19.5 Å². The predicted octanol–water partition coefficient (Wildman–Crippen LogP) is 4.17. The van der Waals surface area contributed by atoms with Crippen LogP contribution in [-0.4, -0.2) is 31.4 Å². The molecule has 5 rings (SSSR count). The molecule has 0 aliphatic carbocycles. The number of aromatic nitrogens is 4. The highest BCUT2D eigenvalue weighted by molar-refractivity contribution is 7.13. The van der Waals surface area contributed by atoms with E-state index in [1.54, 1.807) is 23.7 Å². The van der Waals surface area contributed by atoms with Crippen LogP contribution in [0.1, 0.15) is 17.0 Å². The van der Waals surface area contributed by atoms with E-state index in [0.29, 0.717) is 23.9 Å². The molecule has 6 nitrogen and oxygen atoms in total. The minimum atomic E-state index is -0.0799. The number of halogens is 1. The lowest BCUT2D eigenvalue weighted by Gasteiger charge is -2.27. The predicted molar refractivity (Wildman–Crippen MR) is 118 cm³/mol. The average molecular weight is 436 g/mol. The Kier molecular flexibility index (Phi) is 5.16. The molecule has 1 aromatic carbocycles. The second-order valence-electron chi connectivity index (χ2n) is 7.19. The molecule has 1 N–H and O–H groups in total. The van der Waals surface area contributed by atoms with Gasteiger partial charge in [-0.25, -0.2) is 9.97 Å². The summed E-state index contributed by atoms with van der Waals surface area (Å²) < 4.78 is 0. The monoisotopic (exact) mass is 435 g/mol. The lowest BCUT2D eigenvalue weighted by Crippen LogP contribution is -2.35. The Morgan fingerprint density at radius 1 is 1.13 bits per heavy atom. The van der Waals surface area contributed by atoms with Gasteiger partial charge in [-0.3, -0.25) is 14.7 Å². The molecular weight excluding hydrogens is 418 g/mol. The smallest absolute Gasteiger partial charge is 0.255 e. The van der Waals surface area contributed by atoms with Gasteiger partial charge >= 0.3 is 0 Å². The van der Waals surface area contributed by atoms with Gasteiger partial charge in [0.15, 0.2) is 0 Å². The zero-order chi connectivity index (χ0) is 20.5. The third-order valence-corrected chi connectivity index (χ3v) is 6.30. The highest BCUT2D eigenvalue weighted by Crippen LogP contribution is 2.26. The van der Waals surface area contributed by atoms with Crippen LogP contribution in [0.5, 0.6) is 0 Å². The molecule has 0 amide bonds. The Bertz CT molecular complexity index is 1240. The van der Waals surface area contributed by atoms with Crippen molar-refractivity contribution in [1.29, 1.82) is 0 Å². The Hall–Kier alpha value is -2.87. The van der Waals surface area contributed by atoms with Crippen molar-refractivity contribution < 1.29 is 0 Å². The Labute approximate surface area is 182 Å². The fourth-order valence-corrected chi connectivity index (χ4v) is 4.53. The number of aromatic amines is 1. The van der Waals surface area contributed by atoms with E-state index in [1.807, 2.05) is 36.4 Å². The molecule has 0 atom stereocenters. The number of H-pyrrole nitrogens is 1. The summed E-state index contributed by atoms with van der Waals surface area (Å²) in [6.07, 6.45) is 4.15. The number of fused-ring (bicyclic) bond motifs is 1. The van der Waals surface area contributed by atoms with E-state index >= 15 is 0 Å². The normalized spacial score (nSPS) is 13.9. The molecule has 4 aromatic rings. The first-order valence-corrected chi connectivity index (χ1v) is 10.9. The fourth-order valence-electron chi connectivity index (χ4n) is 3.59. The third kappa shape index (κ3) is 3.92. The summed E-state index contributed by atoms with van der Waals surface area (Å²) in [5.74, 6) is 0.576.